The largest absolute Gasteiger partial charge is 0.481 e. The van der Waals surface area contributed by atoms with Gasteiger partial charge >= 0.3 is 5.97 Å². The summed E-state index contributed by atoms with van der Waals surface area (Å²) in [5.41, 5.74) is 0.376. The lowest BCUT2D eigenvalue weighted by atomic mass is 10.0. The lowest BCUT2D eigenvalue weighted by Crippen LogP contribution is -2.44. The Morgan fingerprint density at radius 3 is 2.42 bits per heavy atom. The molecule has 0 radical (unpaired) electrons. The molecule has 0 heterocycles. The molecule has 4 heteroatoms. The molecule has 1 rings (SSSR count). The Balaban J connectivity index is 2.88. The van der Waals surface area contributed by atoms with Gasteiger partial charge in [-0.1, -0.05) is 25.1 Å². The van der Waals surface area contributed by atoms with Crippen LogP contribution in [-0.2, 0) is 11.3 Å². The van der Waals surface area contributed by atoms with Gasteiger partial charge in [-0.3, -0.25) is 9.69 Å². The van der Waals surface area contributed by atoms with E-state index < -0.39 is 11.9 Å². The van der Waals surface area contributed by atoms with Crippen LogP contribution in [0.1, 0.15) is 33.3 Å². The molecule has 0 saturated heterocycles. The summed E-state index contributed by atoms with van der Waals surface area (Å²) in [6.45, 7) is 8.48. The molecule has 19 heavy (non-hydrogen) atoms. The molecule has 0 amide bonds. The predicted octanol–water partition coefficient (Wildman–Crippen LogP) is 3.15. The van der Waals surface area contributed by atoms with Crippen molar-refractivity contribution in [2.45, 2.75) is 39.8 Å². The molecule has 106 valence electrons. The van der Waals surface area contributed by atoms with Gasteiger partial charge in [0.15, 0.2) is 0 Å². The van der Waals surface area contributed by atoms with E-state index in [-0.39, 0.29) is 11.4 Å². The number of hydrogen-bond donors (Lipinski definition) is 1. The average molecular weight is 267 g/mol. The van der Waals surface area contributed by atoms with Crippen molar-refractivity contribution in [3.05, 3.63) is 35.6 Å². The normalized spacial score (nSPS) is 13.6. The molecule has 1 N–H and O–H groups in total. The number of nitrogens with zero attached hydrogens (tertiary/aromatic N) is 1. The maximum Gasteiger partial charge on any atom is 0.307 e. The van der Waals surface area contributed by atoms with Gasteiger partial charge in [0.05, 0.1) is 5.92 Å². The van der Waals surface area contributed by atoms with Gasteiger partial charge in [0.1, 0.15) is 5.82 Å². The molecule has 1 aromatic rings. The van der Waals surface area contributed by atoms with Crippen molar-refractivity contribution in [3.63, 3.8) is 0 Å². The molecule has 1 atom stereocenters. The topological polar surface area (TPSA) is 40.5 Å². The highest BCUT2D eigenvalue weighted by atomic mass is 19.1. The number of halogens is 1. The Labute approximate surface area is 114 Å². The Morgan fingerprint density at radius 1 is 1.37 bits per heavy atom. The molecule has 1 unspecified atom stereocenters. The number of rotatable bonds is 5. The lowest BCUT2D eigenvalue weighted by Gasteiger charge is -2.36. The third-order valence-electron chi connectivity index (χ3n) is 3.18. The van der Waals surface area contributed by atoms with Crippen LogP contribution < -0.4 is 0 Å². The van der Waals surface area contributed by atoms with E-state index in [2.05, 4.69) is 0 Å². The fourth-order valence-corrected chi connectivity index (χ4v) is 1.82. The van der Waals surface area contributed by atoms with Crippen LogP contribution in [-0.4, -0.2) is 28.1 Å². The van der Waals surface area contributed by atoms with Gasteiger partial charge in [-0.05, 0) is 26.8 Å². The first kappa shape index (κ1) is 15.6. The predicted molar refractivity (Wildman–Crippen MR) is 73.4 cm³/mol. The van der Waals surface area contributed by atoms with Crippen LogP contribution in [0.2, 0.25) is 0 Å². The van der Waals surface area contributed by atoms with E-state index in [1.807, 2.05) is 25.7 Å². The molecule has 0 spiro atoms. The van der Waals surface area contributed by atoms with Gasteiger partial charge in [0.2, 0.25) is 0 Å². The summed E-state index contributed by atoms with van der Waals surface area (Å²) in [5, 5.41) is 9.02. The minimum Gasteiger partial charge on any atom is -0.481 e. The molecule has 0 bridgehead atoms. The smallest absolute Gasteiger partial charge is 0.307 e. The van der Waals surface area contributed by atoms with Gasteiger partial charge in [-0.25, -0.2) is 4.39 Å². The summed E-state index contributed by atoms with van der Waals surface area (Å²) >= 11 is 0. The fraction of sp³-hybridized carbons (Fsp3) is 0.533. The minimum atomic E-state index is -0.831. The summed E-state index contributed by atoms with van der Waals surface area (Å²) < 4.78 is 13.7. The third kappa shape index (κ3) is 4.63. The highest BCUT2D eigenvalue weighted by molar-refractivity contribution is 5.69. The van der Waals surface area contributed by atoms with Crippen molar-refractivity contribution in [3.8, 4) is 0 Å². The number of aliphatic carboxylic acids is 1. The standard InChI is InChI=1S/C15H22FNO2/c1-11(14(18)19)9-17(15(2,3)4)10-12-7-5-6-8-13(12)16/h5-8,11H,9-10H2,1-4H3,(H,18,19). The van der Waals surface area contributed by atoms with E-state index in [0.717, 1.165) is 0 Å². The van der Waals surface area contributed by atoms with E-state index in [1.54, 1.807) is 25.1 Å². The second-order valence-corrected chi connectivity index (χ2v) is 5.88. The SMILES string of the molecule is CC(CN(Cc1ccccc1F)C(C)(C)C)C(=O)O. The van der Waals surface area contributed by atoms with Crippen LogP contribution in [0.15, 0.2) is 24.3 Å². The van der Waals surface area contributed by atoms with Crippen molar-refractivity contribution in [2.75, 3.05) is 6.54 Å². The first-order valence-corrected chi connectivity index (χ1v) is 6.43. The van der Waals surface area contributed by atoms with Crippen LogP contribution in [0, 0.1) is 11.7 Å². The number of carboxylic acids is 1. The summed E-state index contributed by atoms with van der Waals surface area (Å²) in [4.78, 5) is 13.0. The zero-order valence-corrected chi connectivity index (χ0v) is 12.0. The average Bonchev–Trinajstić information content (AvgIpc) is 2.29. The van der Waals surface area contributed by atoms with Crippen LogP contribution in [0.5, 0.6) is 0 Å². The van der Waals surface area contributed by atoms with Gasteiger partial charge < -0.3 is 5.11 Å². The highest BCUT2D eigenvalue weighted by Crippen LogP contribution is 2.20. The molecule has 1 aromatic carbocycles. The van der Waals surface area contributed by atoms with Crippen molar-refractivity contribution < 1.29 is 14.3 Å². The number of hydrogen-bond acceptors (Lipinski definition) is 2. The molecule has 0 aliphatic heterocycles. The number of benzene rings is 1. The summed E-state index contributed by atoms with van der Waals surface area (Å²) in [5.74, 6) is -1.56. The van der Waals surface area contributed by atoms with E-state index in [9.17, 15) is 9.18 Å². The molecular weight excluding hydrogens is 245 g/mol. The number of carboxylic acid groups (broad SMARTS) is 1. The van der Waals surface area contributed by atoms with Crippen LogP contribution in [0.3, 0.4) is 0 Å². The summed E-state index contributed by atoms with van der Waals surface area (Å²) in [6, 6.07) is 6.61. The lowest BCUT2D eigenvalue weighted by molar-refractivity contribution is -0.142. The first-order valence-electron chi connectivity index (χ1n) is 6.43. The second kappa shape index (κ2) is 6.15. The highest BCUT2D eigenvalue weighted by Gasteiger charge is 2.26. The third-order valence-corrected chi connectivity index (χ3v) is 3.18. The van der Waals surface area contributed by atoms with Crippen molar-refractivity contribution in [1.82, 2.24) is 4.90 Å². The molecule has 0 saturated carbocycles. The summed E-state index contributed by atoms with van der Waals surface area (Å²) in [7, 11) is 0. The van der Waals surface area contributed by atoms with Crippen LogP contribution in [0.4, 0.5) is 4.39 Å². The molecule has 0 fully saturated rings. The van der Waals surface area contributed by atoms with Gasteiger partial charge in [-0.15, -0.1) is 0 Å². The Kier molecular flexibility index (Phi) is 5.06. The van der Waals surface area contributed by atoms with Crippen LogP contribution >= 0.6 is 0 Å². The quantitative estimate of drug-likeness (QED) is 0.891. The maximum atomic E-state index is 13.7. The van der Waals surface area contributed by atoms with Crippen molar-refractivity contribution in [2.24, 2.45) is 5.92 Å². The maximum absolute atomic E-state index is 13.7. The Hall–Kier alpha value is -1.42. The molecule has 0 aliphatic rings. The van der Waals surface area contributed by atoms with Gasteiger partial charge in [0.25, 0.3) is 0 Å². The van der Waals surface area contributed by atoms with Crippen LogP contribution in [0.25, 0.3) is 0 Å². The zero-order valence-electron chi connectivity index (χ0n) is 12.0. The molecular formula is C15H22FNO2. The van der Waals surface area contributed by atoms with E-state index in [4.69, 9.17) is 5.11 Å². The second-order valence-electron chi connectivity index (χ2n) is 5.88. The minimum absolute atomic E-state index is 0.216. The monoisotopic (exact) mass is 267 g/mol. The summed E-state index contributed by atoms with van der Waals surface area (Å²) in [6.07, 6.45) is 0. The molecule has 0 aromatic heterocycles. The fourth-order valence-electron chi connectivity index (χ4n) is 1.82. The van der Waals surface area contributed by atoms with E-state index in [1.165, 1.54) is 6.07 Å². The van der Waals surface area contributed by atoms with Crippen molar-refractivity contribution in [1.29, 1.82) is 0 Å². The molecule has 0 aliphatic carbocycles. The van der Waals surface area contributed by atoms with E-state index >= 15 is 0 Å². The van der Waals surface area contributed by atoms with Gasteiger partial charge in [-0.2, -0.15) is 0 Å². The van der Waals surface area contributed by atoms with Gasteiger partial charge in [0, 0.05) is 24.2 Å². The number of carbonyl (C=O) groups is 1. The zero-order chi connectivity index (χ0) is 14.6. The Morgan fingerprint density at radius 2 is 1.95 bits per heavy atom. The van der Waals surface area contributed by atoms with E-state index in [0.29, 0.717) is 18.7 Å². The van der Waals surface area contributed by atoms with Crippen molar-refractivity contribution >= 4 is 5.97 Å². The Bertz CT molecular complexity index is 440. The first-order chi connectivity index (χ1) is 8.71. The molecule has 3 nitrogen and oxygen atoms in total.